The van der Waals surface area contributed by atoms with Crippen molar-refractivity contribution in [2.24, 2.45) is 0 Å². The van der Waals surface area contributed by atoms with Gasteiger partial charge >= 0.3 is 0 Å². The average Bonchev–Trinajstić information content (AvgIpc) is 2.82. The van der Waals surface area contributed by atoms with Crippen molar-refractivity contribution in [1.82, 2.24) is 15.1 Å². The van der Waals surface area contributed by atoms with Crippen LogP contribution in [0.2, 0.25) is 5.02 Å². The van der Waals surface area contributed by atoms with Crippen LogP contribution in [0.3, 0.4) is 0 Å². The quantitative estimate of drug-likeness (QED) is 0.831. The maximum absolute atomic E-state index is 5.99. The summed E-state index contributed by atoms with van der Waals surface area (Å²) in [5, 5.41) is 8.75. The molecule has 5 heteroatoms. The number of halogens is 2. The Morgan fingerprint density at radius 2 is 2.00 bits per heavy atom. The van der Waals surface area contributed by atoms with E-state index in [9.17, 15) is 0 Å². The van der Waals surface area contributed by atoms with Crippen LogP contribution in [0.25, 0.3) is 0 Å². The van der Waals surface area contributed by atoms with Crippen LogP contribution in [-0.2, 0) is 6.54 Å². The second-order valence-corrected chi connectivity index (χ2v) is 5.92. The van der Waals surface area contributed by atoms with Crippen molar-refractivity contribution in [2.45, 2.75) is 32.9 Å². The molecule has 0 fully saturated rings. The average molecular weight is 357 g/mol. The molecule has 108 valence electrons. The normalized spacial score (nSPS) is 12.6. The number of hydrogen-bond acceptors (Lipinski definition) is 2. The SMILES string of the molecule is CCCNC(c1ccc(Cl)cc1)c1c(Br)cnn1CC. The molecule has 1 N–H and O–H groups in total. The lowest BCUT2D eigenvalue weighted by Crippen LogP contribution is -2.26. The Labute approximate surface area is 133 Å². The van der Waals surface area contributed by atoms with Gasteiger partial charge in [0.25, 0.3) is 0 Å². The van der Waals surface area contributed by atoms with Crippen molar-refractivity contribution in [3.05, 3.63) is 51.2 Å². The predicted molar refractivity (Wildman–Crippen MR) is 87.2 cm³/mol. The third-order valence-electron chi connectivity index (χ3n) is 3.21. The van der Waals surface area contributed by atoms with E-state index < -0.39 is 0 Å². The summed E-state index contributed by atoms with van der Waals surface area (Å²) in [6.07, 6.45) is 2.94. The molecule has 1 heterocycles. The van der Waals surface area contributed by atoms with Gasteiger partial charge in [0, 0.05) is 11.6 Å². The number of benzene rings is 1. The van der Waals surface area contributed by atoms with Gasteiger partial charge in [-0.25, -0.2) is 0 Å². The lowest BCUT2D eigenvalue weighted by molar-refractivity contribution is 0.528. The highest BCUT2D eigenvalue weighted by Crippen LogP contribution is 2.29. The highest BCUT2D eigenvalue weighted by atomic mass is 79.9. The topological polar surface area (TPSA) is 29.9 Å². The number of nitrogens with one attached hydrogen (secondary N) is 1. The van der Waals surface area contributed by atoms with Gasteiger partial charge in [0.15, 0.2) is 0 Å². The summed E-state index contributed by atoms with van der Waals surface area (Å²) in [7, 11) is 0. The van der Waals surface area contributed by atoms with Crippen molar-refractivity contribution in [1.29, 1.82) is 0 Å². The summed E-state index contributed by atoms with van der Waals surface area (Å²) >= 11 is 9.60. The lowest BCUT2D eigenvalue weighted by atomic mass is 10.0. The van der Waals surface area contributed by atoms with Gasteiger partial charge in [-0.05, 0) is 53.5 Å². The van der Waals surface area contributed by atoms with Crippen LogP contribution in [-0.4, -0.2) is 16.3 Å². The predicted octanol–water partition coefficient (Wildman–Crippen LogP) is 4.41. The van der Waals surface area contributed by atoms with Crippen LogP contribution in [0.4, 0.5) is 0 Å². The molecule has 0 aliphatic carbocycles. The van der Waals surface area contributed by atoms with Crippen molar-refractivity contribution < 1.29 is 0 Å². The third-order valence-corrected chi connectivity index (χ3v) is 4.07. The van der Waals surface area contributed by atoms with Gasteiger partial charge < -0.3 is 5.32 Å². The first-order valence-electron chi connectivity index (χ1n) is 6.87. The van der Waals surface area contributed by atoms with Gasteiger partial charge in [-0.3, -0.25) is 4.68 Å². The smallest absolute Gasteiger partial charge is 0.0759 e. The molecule has 1 aromatic carbocycles. The summed E-state index contributed by atoms with van der Waals surface area (Å²) in [6, 6.07) is 8.10. The van der Waals surface area contributed by atoms with Gasteiger partial charge in [-0.15, -0.1) is 0 Å². The Morgan fingerprint density at radius 1 is 1.30 bits per heavy atom. The van der Waals surface area contributed by atoms with E-state index in [-0.39, 0.29) is 6.04 Å². The standard InChI is InChI=1S/C15H19BrClN3/c1-3-9-18-14(11-5-7-12(17)8-6-11)15-13(16)10-19-20(15)4-2/h5-8,10,14,18H,3-4,9H2,1-2H3. The molecule has 0 aliphatic heterocycles. The van der Waals surface area contributed by atoms with E-state index in [1.54, 1.807) is 0 Å². The first kappa shape index (κ1) is 15.5. The molecular formula is C15H19BrClN3. The van der Waals surface area contributed by atoms with Crippen LogP contribution in [0, 0.1) is 0 Å². The molecule has 20 heavy (non-hydrogen) atoms. The first-order chi connectivity index (χ1) is 9.67. The van der Waals surface area contributed by atoms with E-state index >= 15 is 0 Å². The van der Waals surface area contributed by atoms with E-state index in [2.05, 4.69) is 52.3 Å². The Hall–Kier alpha value is -0.840. The monoisotopic (exact) mass is 355 g/mol. The number of aromatic nitrogens is 2. The molecule has 0 aliphatic rings. The zero-order chi connectivity index (χ0) is 14.5. The van der Waals surface area contributed by atoms with Gasteiger partial charge in [-0.2, -0.15) is 5.10 Å². The van der Waals surface area contributed by atoms with Gasteiger partial charge in [0.2, 0.25) is 0 Å². The molecule has 0 amide bonds. The highest BCUT2D eigenvalue weighted by Gasteiger charge is 2.20. The van der Waals surface area contributed by atoms with Gasteiger partial charge in [-0.1, -0.05) is 30.7 Å². The van der Waals surface area contributed by atoms with Crippen LogP contribution in [0.1, 0.15) is 37.6 Å². The lowest BCUT2D eigenvalue weighted by Gasteiger charge is -2.21. The van der Waals surface area contributed by atoms with Crippen molar-refractivity contribution in [2.75, 3.05) is 6.54 Å². The third kappa shape index (κ3) is 3.43. The molecule has 0 saturated carbocycles. The zero-order valence-electron chi connectivity index (χ0n) is 11.7. The Morgan fingerprint density at radius 3 is 2.60 bits per heavy atom. The summed E-state index contributed by atoms with van der Waals surface area (Å²) in [4.78, 5) is 0. The summed E-state index contributed by atoms with van der Waals surface area (Å²) in [6.45, 7) is 6.06. The Kier molecular flexibility index (Phi) is 5.64. The zero-order valence-corrected chi connectivity index (χ0v) is 14.1. The largest absolute Gasteiger partial charge is 0.305 e. The highest BCUT2D eigenvalue weighted by molar-refractivity contribution is 9.10. The Bertz CT molecular complexity index is 551. The van der Waals surface area contributed by atoms with Crippen molar-refractivity contribution in [3.63, 3.8) is 0 Å². The van der Waals surface area contributed by atoms with Crippen molar-refractivity contribution >= 4 is 27.5 Å². The molecule has 1 unspecified atom stereocenters. The minimum Gasteiger partial charge on any atom is -0.305 e. The van der Waals surface area contributed by atoms with E-state index in [4.69, 9.17) is 11.6 Å². The fourth-order valence-electron chi connectivity index (χ4n) is 2.23. The van der Waals surface area contributed by atoms with E-state index in [0.29, 0.717) is 0 Å². The molecular weight excluding hydrogens is 338 g/mol. The van der Waals surface area contributed by atoms with Crippen LogP contribution in [0.15, 0.2) is 34.9 Å². The fraction of sp³-hybridized carbons (Fsp3) is 0.400. The molecule has 0 spiro atoms. The summed E-state index contributed by atoms with van der Waals surface area (Å²) in [5.74, 6) is 0. The minimum absolute atomic E-state index is 0.115. The summed E-state index contributed by atoms with van der Waals surface area (Å²) in [5.41, 5.74) is 2.35. The summed E-state index contributed by atoms with van der Waals surface area (Å²) < 4.78 is 3.05. The molecule has 3 nitrogen and oxygen atoms in total. The number of hydrogen-bond donors (Lipinski definition) is 1. The molecule has 1 atom stereocenters. The van der Waals surface area contributed by atoms with Crippen LogP contribution >= 0.6 is 27.5 Å². The van der Waals surface area contributed by atoms with E-state index in [1.807, 2.05) is 23.0 Å². The minimum atomic E-state index is 0.115. The van der Waals surface area contributed by atoms with Crippen molar-refractivity contribution in [3.8, 4) is 0 Å². The molecule has 2 rings (SSSR count). The Balaban J connectivity index is 2.41. The number of nitrogens with zero attached hydrogens (tertiary/aromatic N) is 2. The molecule has 0 bridgehead atoms. The van der Waals surface area contributed by atoms with Crippen LogP contribution < -0.4 is 5.32 Å². The molecule has 2 aromatic rings. The van der Waals surface area contributed by atoms with E-state index in [1.165, 1.54) is 5.56 Å². The van der Waals surface area contributed by atoms with Gasteiger partial charge in [0.1, 0.15) is 0 Å². The second kappa shape index (κ2) is 7.25. The number of aryl methyl sites for hydroxylation is 1. The number of rotatable bonds is 6. The maximum Gasteiger partial charge on any atom is 0.0759 e. The van der Waals surface area contributed by atoms with Crippen LogP contribution in [0.5, 0.6) is 0 Å². The first-order valence-corrected chi connectivity index (χ1v) is 8.04. The maximum atomic E-state index is 5.99. The fourth-order valence-corrected chi connectivity index (χ4v) is 2.88. The van der Waals surface area contributed by atoms with E-state index in [0.717, 1.165) is 34.7 Å². The molecule has 0 saturated heterocycles. The second-order valence-electron chi connectivity index (χ2n) is 4.63. The molecule has 0 radical (unpaired) electrons. The van der Waals surface area contributed by atoms with Gasteiger partial charge in [0.05, 0.1) is 22.4 Å². The molecule has 1 aromatic heterocycles.